The zero-order valence-electron chi connectivity index (χ0n) is 13.2. The fourth-order valence-corrected chi connectivity index (χ4v) is 3.56. The van der Waals surface area contributed by atoms with Crippen LogP contribution in [0.3, 0.4) is 0 Å². The summed E-state index contributed by atoms with van der Waals surface area (Å²) in [5.74, 6) is -1.06. The first kappa shape index (κ1) is 17.4. The van der Waals surface area contributed by atoms with Crippen molar-refractivity contribution in [2.75, 3.05) is 0 Å². The third-order valence-corrected chi connectivity index (χ3v) is 4.91. The zero-order chi connectivity index (χ0) is 18.0. The number of phenols is 1. The van der Waals surface area contributed by atoms with E-state index in [-0.39, 0.29) is 17.0 Å². The van der Waals surface area contributed by atoms with Crippen LogP contribution < -0.4 is 5.32 Å². The van der Waals surface area contributed by atoms with Gasteiger partial charge in [-0.05, 0) is 43.3 Å². The monoisotopic (exact) mass is 376 g/mol. The topological polar surface area (TPSA) is 62.2 Å². The van der Waals surface area contributed by atoms with Gasteiger partial charge in [0, 0.05) is 21.5 Å². The lowest BCUT2D eigenvalue weighted by Gasteiger charge is -2.19. The molecule has 0 spiro atoms. The van der Waals surface area contributed by atoms with Gasteiger partial charge in [0.15, 0.2) is 0 Å². The first-order valence-electron chi connectivity index (χ1n) is 7.41. The molecule has 1 aromatic carbocycles. The van der Waals surface area contributed by atoms with E-state index in [1.54, 1.807) is 36.6 Å². The highest BCUT2D eigenvalue weighted by atomic mass is 35.5. The molecule has 1 atom stereocenters. The van der Waals surface area contributed by atoms with E-state index in [1.807, 2.05) is 0 Å². The SMILES string of the molecule is Cc1cccc(C(=O)NC(c2cc(Cl)cs2)c2cc(F)ccc2O)n1. The molecule has 128 valence electrons. The van der Waals surface area contributed by atoms with Crippen LogP contribution in [-0.2, 0) is 0 Å². The third-order valence-electron chi connectivity index (χ3n) is 3.57. The minimum Gasteiger partial charge on any atom is -0.508 e. The van der Waals surface area contributed by atoms with Crippen molar-refractivity contribution < 1.29 is 14.3 Å². The number of pyridine rings is 1. The summed E-state index contributed by atoms with van der Waals surface area (Å²) in [5.41, 5.74) is 1.19. The van der Waals surface area contributed by atoms with E-state index in [2.05, 4.69) is 10.3 Å². The number of aryl methyl sites for hydroxylation is 1. The van der Waals surface area contributed by atoms with Gasteiger partial charge in [0.25, 0.3) is 5.91 Å². The Bertz CT molecular complexity index is 929. The number of rotatable bonds is 4. The second-order valence-corrected chi connectivity index (χ2v) is 6.82. The van der Waals surface area contributed by atoms with Crippen LogP contribution in [0, 0.1) is 12.7 Å². The molecule has 0 bridgehead atoms. The van der Waals surface area contributed by atoms with Crippen LogP contribution in [0.15, 0.2) is 47.8 Å². The maximum absolute atomic E-state index is 13.7. The molecule has 0 aliphatic carbocycles. The summed E-state index contributed by atoms with van der Waals surface area (Å²) in [7, 11) is 0. The highest BCUT2D eigenvalue weighted by Crippen LogP contribution is 2.34. The van der Waals surface area contributed by atoms with Crippen molar-refractivity contribution >= 4 is 28.8 Å². The zero-order valence-corrected chi connectivity index (χ0v) is 14.7. The lowest BCUT2D eigenvalue weighted by atomic mass is 10.0. The Morgan fingerprint density at radius 1 is 1.32 bits per heavy atom. The Morgan fingerprint density at radius 3 is 2.80 bits per heavy atom. The predicted octanol–water partition coefficient (Wildman–Crippen LogP) is 4.47. The normalized spacial score (nSPS) is 12.0. The number of hydrogen-bond acceptors (Lipinski definition) is 4. The molecule has 1 unspecified atom stereocenters. The summed E-state index contributed by atoms with van der Waals surface area (Å²) in [6, 6.07) is 9.63. The molecule has 0 saturated carbocycles. The summed E-state index contributed by atoms with van der Waals surface area (Å²) in [4.78, 5) is 17.4. The van der Waals surface area contributed by atoms with Crippen LogP contribution in [0.5, 0.6) is 5.75 Å². The van der Waals surface area contributed by atoms with Crippen LogP contribution in [0.2, 0.25) is 5.02 Å². The molecule has 3 aromatic rings. The lowest BCUT2D eigenvalue weighted by molar-refractivity contribution is 0.0938. The van der Waals surface area contributed by atoms with Crippen molar-refractivity contribution in [3.05, 3.63) is 80.5 Å². The number of benzene rings is 1. The number of carbonyl (C=O) groups excluding carboxylic acids is 1. The Balaban J connectivity index is 2.00. The lowest BCUT2D eigenvalue weighted by Crippen LogP contribution is -2.29. The summed E-state index contributed by atoms with van der Waals surface area (Å²) >= 11 is 7.29. The molecule has 2 N–H and O–H groups in total. The van der Waals surface area contributed by atoms with Gasteiger partial charge in [-0.2, -0.15) is 0 Å². The van der Waals surface area contributed by atoms with Crippen molar-refractivity contribution in [1.82, 2.24) is 10.3 Å². The van der Waals surface area contributed by atoms with Crippen molar-refractivity contribution in [1.29, 1.82) is 0 Å². The summed E-state index contributed by atoms with van der Waals surface area (Å²) in [6.07, 6.45) is 0. The molecule has 2 aromatic heterocycles. The fourth-order valence-electron chi connectivity index (χ4n) is 2.41. The van der Waals surface area contributed by atoms with Crippen LogP contribution >= 0.6 is 22.9 Å². The maximum Gasteiger partial charge on any atom is 0.270 e. The highest BCUT2D eigenvalue weighted by Gasteiger charge is 2.23. The number of carbonyl (C=O) groups is 1. The molecule has 0 fully saturated rings. The smallest absolute Gasteiger partial charge is 0.270 e. The molecule has 4 nitrogen and oxygen atoms in total. The van der Waals surface area contributed by atoms with E-state index in [0.717, 1.165) is 6.07 Å². The number of nitrogens with zero attached hydrogens (tertiary/aromatic N) is 1. The minimum atomic E-state index is -0.747. The minimum absolute atomic E-state index is 0.117. The Hall–Kier alpha value is -2.44. The number of hydrogen-bond donors (Lipinski definition) is 2. The fraction of sp³-hybridized carbons (Fsp3) is 0.111. The van der Waals surface area contributed by atoms with Gasteiger partial charge in [0.05, 0.1) is 11.1 Å². The molecule has 0 saturated heterocycles. The van der Waals surface area contributed by atoms with Crippen LogP contribution in [-0.4, -0.2) is 16.0 Å². The van der Waals surface area contributed by atoms with Gasteiger partial charge in [-0.25, -0.2) is 9.37 Å². The number of aromatic nitrogens is 1. The van der Waals surface area contributed by atoms with E-state index in [0.29, 0.717) is 15.6 Å². The van der Waals surface area contributed by atoms with E-state index < -0.39 is 17.8 Å². The number of thiophene rings is 1. The molecule has 1 amide bonds. The molecule has 25 heavy (non-hydrogen) atoms. The number of amides is 1. The molecule has 2 heterocycles. The van der Waals surface area contributed by atoms with Gasteiger partial charge < -0.3 is 10.4 Å². The van der Waals surface area contributed by atoms with Crippen molar-refractivity contribution in [3.8, 4) is 5.75 Å². The summed E-state index contributed by atoms with van der Waals surface area (Å²) in [5, 5.41) is 15.1. The summed E-state index contributed by atoms with van der Waals surface area (Å²) in [6.45, 7) is 1.78. The Morgan fingerprint density at radius 2 is 2.12 bits per heavy atom. The molecular formula is C18H14ClFN2O2S. The van der Waals surface area contributed by atoms with Crippen LogP contribution in [0.25, 0.3) is 0 Å². The van der Waals surface area contributed by atoms with Crippen molar-refractivity contribution in [3.63, 3.8) is 0 Å². The van der Waals surface area contributed by atoms with E-state index in [1.165, 1.54) is 23.5 Å². The summed E-state index contributed by atoms with van der Waals surface area (Å²) < 4.78 is 13.7. The molecule has 3 rings (SSSR count). The van der Waals surface area contributed by atoms with Gasteiger partial charge in [0.2, 0.25) is 0 Å². The standard InChI is InChI=1S/C18H14ClFN2O2S/c1-10-3-2-4-14(21-10)18(24)22-17(16-7-11(19)9-25-16)13-8-12(20)5-6-15(13)23/h2-9,17,23H,1H3,(H,22,24). The number of halogens is 2. The molecule has 7 heteroatoms. The van der Waals surface area contributed by atoms with Gasteiger partial charge in [-0.1, -0.05) is 17.7 Å². The van der Waals surface area contributed by atoms with E-state index >= 15 is 0 Å². The molecule has 0 aliphatic heterocycles. The average molecular weight is 377 g/mol. The van der Waals surface area contributed by atoms with Crippen LogP contribution in [0.4, 0.5) is 4.39 Å². The molecule has 0 radical (unpaired) electrons. The van der Waals surface area contributed by atoms with E-state index in [9.17, 15) is 14.3 Å². The van der Waals surface area contributed by atoms with Gasteiger partial charge in [-0.15, -0.1) is 11.3 Å². The van der Waals surface area contributed by atoms with Crippen LogP contribution in [0.1, 0.15) is 32.7 Å². The number of phenolic OH excluding ortho intramolecular Hbond substituents is 1. The Labute approximate surface area is 152 Å². The first-order valence-corrected chi connectivity index (χ1v) is 8.66. The molecular weight excluding hydrogens is 363 g/mol. The highest BCUT2D eigenvalue weighted by molar-refractivity contribution is 7.10. The largest absolute Gasteiger partial charge is 0.508 e. The second-order valence-electron chi connectivity index (χ2n) is 5.44. The quantitative estimate of drug-likeness (QED) is 0.706. The van der Waals surface area contributed by atoms with Crippen molar-refractivity contribution in [2.24, 2.45) is 0 Å². The second kappa shape index (κ2) is 7.21. The third kappa shape index (κ3) is 3.97. The number of nitrogens with one attached hydrogen (secondary N) is 1. The first-order chi connectivity index (χ1) is 11.9. The van der Waals surface area contributed by atoms with E-state index in [4.69, 9.17) is 11.6 Å². The van der Waals surface area contributed by atoms with Gasteiger partial charge in [-0.3, -0.25) is 4.79 Å². The predicted molar refractivity (Wildman–Crippen MR) is 95.7 cm³/mol. The number of aromatic hydroxyl groups is 1. The van der Waals surface area contributed by atoms with Gasteiger partial charge in [0.1, 0.15) is 17.3 Å². The van der Waals surface area contributed by atoms with Crippen molar-refractivity contribution in [2.45, 2.75) is 13.0 Å². The van der Waals surface area contributed by atoms with Gasteiger partial charge >= 0.3 is 0 Å². The Kier molecular flexibility index (Phi) is 5.01. The average Bonchev–Trinajstić information content (AvgIpc) is 3.01. The maximum atomic E-state index is 13.7. The molecule has 0 aliphatic rings.